The van der Waals surface area contributed by atoms with E-state index in [4.69, 9.17) is 14.4 Å². The van der Waals surface area contributed by atoms with E-state index in [-0.39, 0.29) is 0 Å². The summed E-state index contributed by atoms with van der Waals surface area (Å²) >= 11 is 0. The topological polar surface area (TPSA) is 56.2 Å². The number of nitrogens with zero attached hydrogens (tertiary/aromatic N) is 4. The summed E-state index contributed by atoms with van der Waals surface area (Å²) < 4.78 is 8.30. The van der Waals surface area contributed by atoms with Gasteiger partial charge in [0.15, 0.2) is 17.8 Å². The number of oxazole rings is 1. The third kappa shape index (κ3) is 2.52. The molecule has 5 nitrogen and oxygen atoms in total. The Morgan fingerprint density at radius 3 is 2.29 bits per heavy atom. The van der Waals surface area contributed by atoms with E-state index in [2.05, 4.69) is 82.2 Å². The first-order valence-corrected chi connectivity index (χ1v) is 12.6. The lowest BCUT2D eigenvalue weighted by Gasteiger charge is -2.09. The lowest BCUT2D eigenvalue weighted by Crippen LogP contribution is -1.95. The molecule has 4 aromatic heterocycles. The molecule has 0 unspecified atom stereocenters. The minimum atomic E-state index is 0.702. The van der Waals surface area contributed by atoms with E-state index in [9.17, 15) is 0 Å². The molecule has 0 atom stereocenters. The van der Waals surface area contributed by atoms with Crippen LogP contribution in [0.5, 0.6) is 0 Å². The van der Waals surface area contributed by atoms with Crippen LogP contribution >= 0.6 is 0 Å². The molecule has 0 N–H and O–H groups in total. The molecular formula is C33H18N4O. The molecule has 38 heavy (non-hydrogen) atoms. The quantitative estimate of drug-likeness (QED) is 0.247. The van der Waals surface area contributed by atoms with E-state index in [0.717, 1.165) is 60.6 Å². The van der Waals surface area contributed by atoms with Crippen LogP contribution in [0.25, 0.3) is 82.7 Å². The first-order chi connectivity index (χ1) is 18.8. The zero-order chi connectivity index (χ0) is 24.8. The minimum absolute atomic E-state index is 0.702. The van der Waals surface area contributed by atoms with E-state index in [1.54, 1.807) is 0 Å². The van der Waals surface area contributed by atoms with Crippen LogP contribution in [0.2, 0.25) is 0 Å². The van der Waals surface area contributed by atoms with Crippen molar-refractivity contribution in [1.29, 1.82) is 0 Å². The smallest absolute Gasteiger partial charge is 0.182 e. The van der Waals surface area contributed by atoms with Crippen LogP contribution in [0.3, 0.4) is 0 Å². The average molecular weight is 487 g/mol. The Bertz CT molecular complexity index is 2350. The first-order valence-electron chi connectivity index (χ1n) is 12.6. The highest BCUT2D eigenvalue weighted by Crippen LogP contribution is 2.43. The highest BCUT2D eigenvalue weighted by atomic mass is 16.3. The number of rotatable bonds is 2. The number of benzene rings is 5. The van der Waals surface area contributed by atoms with E-state index in [1.165, 1.54) is 22.7 Å². The van der Waals surface area contributed by atoms with Gasteiger partial charge >= 0.3 is 0 Å². The van der Waals surface area contributed by atoms with Gasteiger partial charge in [0.05, 0.1) is 33.1 Å². The molecule has 176 valence electrons. The van der Waals surface area contributed by atoms with Crippen LogP contribution in [0.15, 0.2) is 114 Å². The average Bonchev–Trinajstić information content (AvgIpc) is 3.67. The zero-order valence-corrected chi connectivity index (χ0v) is 20.1. The molecule has 0 radical (unpaired) electrons. The van der Waals surface area contributed by atoms with Crippen molar-refractivity contribution in [3.63, 3.8) is 0 Å². The summed E-state index contributed by atoms with van der Waals surface area (Å²) in [7, 11) is 0. The van der Waals surface area contributed by atoms with Crippen molar-refractivity contribution in [2.75, 3.05) is 0 Å². The van der Waals surface area contributed by atoms with Crippen molar-refractivity contribution < 1.29 is 4.42 Å². The van der Waals surface area contributed by atoms with E-state index in [1.807, 2.05) is 30.3 Å². The van der Waals surface area contributed by atoms with Gasteiger partial charge < -0.3 is 8.82 Å². The summed E-state index contributed by atoms with van der Waals surface area (Å²) in [6.45, 7) is 0. The van der Waals surface area contributed by atoms with Gasteiger partial charge in [-0.25, -0.2) is 15.0 Å². The molecule has 0 saturated heterocycles. The van der Waals surface area contributed by atoms with E-state index < -0.39 is 0 Å². The second-order valence-corrected chi connectivity index (χ2v) is 9.71. The number of hydrogen-bond donors (Lipinski definition) is 0. The van der Waals surface area contributed by atoms with E-state index >= 15 is 0 Å². The summed E-state index contributed by atoms with van der Waals surface area (Å²) in [6, 6.07) is 35.7. The molecule has 0 saturated carbocycles. The van der Waals surface area contributed by atoms with Crippen molar-refractivity contribution in [3.05, 3.63) is 110 Å². The van der Waals surface area contributed by atoms with Gasteiger partial charge in [-0.1, -0.05) is 66.7 Å². The van der Waals surface area contributed by atoms with Gasteiger partial charge in [0.2, 0.25) is 0 Å². The molecular weight excluding hydrogens is 468 g/mol. The molecule has 0 bridgehead atoms. The SMILES string of the molecule is c1ccc(-c2nc(-c3ccc4c(c3)c3c5ocnc5cc5c6ccccc6n4c53)nc3ccccc23)cc1. The molecule has 0 amide bonds. The Morgan fingerprint density at radius 2 is 1.37 bits per heavy atom. The molecule has 0 aliphatic carbocycles. The van der Waals surface area contributed by atoms with Gasteiger partial charge in [-0.15, -0.1) is 0 Å². The molecule has 0 fully saturated rings. The monoisotopic (exact) mass is 486 g/mol. The Kier molecular flexibility index (Phi) is 3.73. The van der Waals surface area contributed by atoms with Gasteiger partial charge in [-0.2, -0.15) is 0 Å². The lowest BCUT2D eigenvalue weighted by atomic mass is 10.0. The van der Waals surface area contributed by atoms with Gasteiger partial charge in [0.25, 0.3) is 0 Å². The Balaban J connectivity index is 1.40. The number of para-hydroxylation sites is 2. The number of aromatic nitrogens is 4. The standard InChI is InChI=1S/C33H18N4O/c1-2-8-19(9-3-1)30-22-11-4-6-12-25(22)35-33(36-30)20-14-15-28-24(16-20)29-31-23(17-26-32(29)38-18-34-26)21-10-5-7-13-27(21)37(28)31/h1-18H. The van der Waals surface area contributed by atoms with E-state index in [0.29, 0.717) is 5.82 Å². The fraction of sp³-hybridized carbons (Fsp3) is 0. The first kappa shape index (κ1) is 19.8. The molecule has 5 aromatic carbocycles. The molecule has 4 heterocycles. The van der Waals surface area contributed by atoms with Crippen molar-refractivity contribution in [2.45, 2.75) is 0 Å². The van der Waals surface area contributed by atoms with Crippen molar-refractivity contribution in [3.8, 4) is 22.6 Å². The molecule has 0 spiro atoms. The maximum Gasteiger partial charge on any atom is 0.182 e. The second-order valence-electron chi connectivity index (χ2n) is 9.71. The summed E-state index contributed by atoms with van der Waals surface area (Å²) in [5.74, 6) is 0.702. The Morgan fingerprint density at radius 1 is 0.579 bits per heavy atom. The number of hydrogen-bond acceptors (Lipinski definition) is 4. The second kappa shape index (κ2) is 7.14. The fourth-order valence-electron chi connectivity index (χ4n) is 6.04. The van der Waals surface area contributed by atoms with Crippen LogP contribution in [0, 0.1) is 0 Å². The minimum Gasteiger partial charge on any atom is -0.443 e. The predicted molar refractivity (Wildman–Crippen MR) is 153 cm³/mol. The predicted octanol–water partition coefficient (Wildman–Crippen LogP) is 8.26. The maximum atomic E-state index is 5.96. The van der Waals surface area contributed by atoms with Crippen LogP contribution in [0.1, 0.15) is 0 Å². The van der Waals surface area contributed by atoms with Crippen LogP contribution in [-0.2, 0) is 0 Å². The molecule has 9 aromatic rings. The van der Waals surface area contributed by atoms with Crippen molar-refractivity contribution in [2.24, 2.45) is 0 Å². The Hall–Kier alpha value is -5.29. The van der Waals surface area contributed by atoms with Gasteiger partial charge in [0.1, 0.15) is 5.52 Å². The van der Waals surface area contributed by atoms with Gasteiger partial charge in [-0.05, 0) is 36.4 Å². The zero-order valence-electron chi connectivity index (χ0n) is 20.1. The normalized spacial score (nSPS) is 12.2. The van der Waals surface area contributed by atoms with Gasteiger partial charge in [0, 0.05) is 32.7 Å². The summed E-state index contributed by atoms with van der Waals surface area (Å²) in [5, 5.41) is 5.62. The Labute approximate surface area is 216 Å². The van der Waals surface area contributed by atoms with Crippen molar-refractivity contribution in [1.82, 2.24) is 19.4 Å². The fourth-order valence-corrected chi connectivity index (χ4v) is 6.04. The largest absolute Gasteiger partial charge is 0.443 e. The highest BCUT2D eigenvalue weighted by Gasteiger charge is 2.22. The summed E-state index contributed by atoms with van der Waals surface area (Å²) in [4.78, 5) is 14.6. The molecule has 5 heteroatoms. The summed E-state index contributed by atoms with van der Waals surface area (Å²) in [6.07, 6.45) is 1.53. The van der Waals surface area contributed by atoms with Gasteiger partial charge in [-0.3, -0.25) is 0 Å². The third-order valence-corrected chi connectivity index (χ3v) is 7.67. The molecule has 0 aliphatic rings. The molecule has 9 rings (SSSR count). The highest BCUT2D eigenvalue weighted by molar-refractivity contribution is 6.30. The number of fused-ring (bicyclic) bond motifs is 9. The lowest BCUT2D eigenvalue weighted by molar-refractivity contribution is 0.605. The third-order valence-electron chi connectivity index (χ3n) is 7.67. The maximum absolute atomic E-state index is 5.96. The summed E-state index contributed by atoms with van der Waals surface area (Å²) in [5.41, 5.74) is 9.03. The molecule has 0 aliphatic heterocycles. The van der Waals surface area contributed by atoms with Crippen molar-refractivity contribution >= 4 is 60.1 Å². The van der Waals surface area contributed by atoms with Crippen LogP contribution in [-0.4, -0.2) is 19.4 Å². The van der Waals surface area contributed by atoms with Crippen LogP contribution < -0.4 is 0 Å². The van der Waals surface area contributed by atoms with Crippen LogP contribution in [0.4, 0.5) is 0 Å².